The SMILES string of the molecule is CC(C)C[C@@H]1NC(=O)[C@@H](Cc2ccccc2)NC(=O)[C@@H](NC(=O)c2cccnc2)CCCNC(=O)[C@@H]2C[C@@H](O)CN2C(=O)[C@H](C)NC1=O. The highest BCUT2D eigenvalue weighted by Crippen LogP contribution is 2.20. The predicted octanol–water partition coefficient (Wildman–Crippen LogP) is -0.185. The van der Waals surface area contributed by atoms with Gasteiger partial charge in [-0.25, -0.2) is 0 Å². The molecule has 0 saturated carbocycles. The second-order valence-electron chi connectivity index (χ2n) is 12.8. The Morgan fingerprint density at radius 3 is 2.35 bits per heavy atom. The topological polar surface area (TPSA) is 199 Å². The maximum absolute atomic E-state index is 13.9. The first-order chi connectivity index (χ1) is 22.9. The van der Waals surface area contributed by atoms with Gasteiger partial charge in [0, 0.05) is 38.3 Å². The molecule has 48 heavy (non-hydrogen) atoms. The van der Waals surface area contributed by atoms with E-state index < -0.39 is 71.8 Å². The molecule has 2 aliphatic rings. The summed E-state index contributed by atoms with van der Waals surface area (Å²) in [7, 11) is 0. The Bertz CT molecular complexity index is 1460. The summed E-state index contributed by atoms with van der Waals surface area (Å²) in [5.41, 5.74) is 0.989. The molecule has 0 aliphatic carbocycles. The van der Waals surface area contributed by atoms with Crippen LogP contribution in [0.5, 0.6) is 0 Å². The standard InChI is InChI=1S/C34H45N7O7/c1-20(2)15-26-31(45)37-21(3)34(48)41-19-24(42)17-28(41)33(47)36-14-8-12-25(38-29(43)23-11-7-13-35-18-23)30(44)40-27(32(46)39-26)16-22-9-5-4-6-10-22/h4-7,9-11,13,18,20-21,24-28,42H,8,12,14-17,19H2,1-3H3,(H,36,47)(H,37,45)(H,38,43)(H,39,46)(H,40,44)/t21-,24+,25-,26-,27+,28-/m0/s1. The molecule has 4 rings (SSSR count). The third kappa shape index (κ3) is 9.83. The summed E-state index contributed by atoms with van der Waals surface area (Å²) in [5, 5.41) is 24.1. The summed E-state index contributed by atoms with van der Waals surface area (Å²) in [6, 6.07) is 6.92. The quantitative estimate of drug-likeness (QED) is 0.244. The molecule has 2 aliphatic heterocycles. The minimum atomic E-state index is -1.12. The van der Waals surface area contributed by atoms with Gasteiger partial charge in [0.2, 0.25) is 29.5 Å². The van der Waals surface area contributed by atoms with Crippen molar-refractivity contribution in [2.45, 2.75) is 89.2 Å². The zero-order valence-corrected chi connectivity index (χ0v) is 27.5. The van der Waals surface area contributed by atoms with Gasteiger partial charge in [-0.2, -0.15) is 0 Å². The molecule has 6 N–H and O–H groups in total. The van der Waals surface area contributed by atoms with Crippen molar-refractivity contribution in [2.24, 2.45) is 5.92 Å². The molecule has 2 fully saturated rings. The fourth-order valence-electron chi connectivity index (χ4n) is 5.88. The van der Waals surface area contributed by atoms with E-state index in [0.717, 1.165) is 5.56 Å². The lowest BCUT2D eigenvalue weighted by molar-refractivity contribution is -0.141. The van der Waals surface area contributed by atoms with E-state index in [2.05, 4.69) is 31.6 Å². The van der Waals surface area contributed by atoms with Gasteiger partial charge in [-0.3, -0.25) is 33.8 Å². The molecule has 0 unspecified atom stereocenters. The van der Waals surface area contributed by atoms with Crippen LogP contribution in [0, 0.1) is 5.92 Å². The molecule has 1 aromatic carbocycles. The summed E-state index contributed by atoms with van der Waals surface area (Å²) in [6.07, 6.45) is 2.68. The molecule has 258 valence electrons. The molecule has 0 bridgehead atoms. The van der Waals surface area contributed by atoms with Crippen LogP contribution in [-0.2, 0) is 30.4 Å². The van der Waals surface area contributed by atoms with Crippen LogP contribution >= 0.6 is 0 Å². The molecular weight excluding hydrogens is 618 g/mol. The Hall–Kier alpha value is -4.85. The van der Waals surface area contributed by atoms with Crippen molar-refractivity contribution in [3.63, 3.8) is 0 Å². The van der Waals surface area contributed by atoms with Crippen LogP contribution in [0.4, 0.5) is 0 Å². The average molecular weight is 664 g/mol. The zero-order chi connectivity index (χ0) is 34.8. The first kappa shape index (κ1) is 36.0. The van der Waals surface area contributed by atoms with E-state index in [1.807, 2.05) is 32.0 Å². The van der Waals surface area contributed by atoms with E-state index in [1.165, 1.54) is 24.2 Å². The first-order valence-corrected chi connectivity index (χ1v) is 16.3. The van der Waals surface area contributed by atoms with Crippen LogP contribution in [0.3, 0.4) is 0 Å². The van der Waals surface area contributed by atoms with Gasteiger partial charge in [0.25, 0.3) is 5.91 Å². The Labute approximate surface area is 279 Å². The molecule has 3 heterocycles. The molecule has 14 heteroatoms. The second kappa shape index (κ2) is 16.8. The summed E-state index contributed by atoms with van der Waals surface area (Å²) in [5.74, 6) is -3.43. The van der Waals surface area contributed by atoms with Gasteiger partial charge < -0.3 is 36.6 Å². The van der Waals surface area contributed by atoms with Crippen LogP contribution in [0.25, 0.3) is 0 Å². The van der Waals surface area contributed by atoms with Gasteiger partial charge in [0.15, 0.2) is 0 Å². The smallest absolute Gasteiger partial charge is 0.253 e. The van der Waals surface area contributed by atoms with E-state index in [4.69, 9.17) is 0 Å². The van der Waals surface area contributed by atoms with E-state index in [1.54, 1.807) is 24.3 Å². The lowest BCUT2D eigenvalue weighted by Gasteiger charge is -2.29. The maximum Gasteiger partial charge on any atom is 0.253 e. The average Bonchev–Trinajstić information content (AvgIpc) is 3.46. The number of hydrogen-bond acceptors (Lipinski definition) is 8. The monoisotopic (exact) mass is 663 g/mol. The number of pyridine rings is 1. The largest absolute Gasteiger partial charge is 0.391 e. The zero-order valence-electron chi connectivity index (χ0n) is 27.5. The van der Waals surface area contributed by atoms with Crippen LogP contribution < -0.4 is 26.6 Å². The maximum atomic E-state index is 13.9. The molecule has 6 amide bonds. The number of fused-ring (bicyclic) bond motifs is 1. The second-order valence-corrected chi connectivity index (χ2v) is 12.8. The molecule has 0 spiro atoms. The van der Waals surface area contributed by atoms with Crippen LogP contribution in [0.2, 0.25) is 0 Å². The number of aromatic nitrogens is 1. The van der Waals surface area contributed by atoms with E-state index in [0.29, 0.717) is 0 Å². The number of nitrogens with zero attached hydrogens (tertiary/aromatic N) is 2. The van der Waals surface area contributed by atoms with Crippen molar-refractivity contribution >= 4 is 35.4 Å². The number of hydrogen-bond donors (Lipinski definition) is 6. The third-order valence-corrected chi connectivity index (χ3v) is 8.36. The minimum absolute atomic E-state index is 0.0269. The van der Waals surface area contributed by atoms with Gasteiger partial charge in [0.1, 0.15) is 30.2 Å². The van der Waals surface area contributed by atoms with Crippen molar-refractivity contribution in [1.82, 2.24) is 36.5 Å². The molecule has 6 atom stereocenters. The molecule has 2 saturated heterocycles. The van der Waals surface area contributed by atoms with Crippen LogP contribution in [-0.4, -0.2) is 99.8 Å². The molecule has 0 radical (unpaired) electrons. The Morgan fingerprint density at radius 2 is 1.67 bits per heavy atom. The Kier molecular flexibility index (Phi) is 12.6. The van der Waals surface area contributed by atoms with Crippen molar-refractivity contribution in [2.75, 3.05) is 13.1 Å². The number of aliphatic hydroxyl groups is 1. The van der Waals surface area contributed by atoms with Gasteiger partial charge in [0.05, 0.1) is 11.7 Å². The summed E-state index contributed by atoms with van der Waals surface area (Å²) in [4.78, 5) is 86.1. The number of nitrogens with one attached hydrogen (secondary N) is 5. The highest BCUT2D eigenvalue weighted by Gasteiger charge is 2.41. The number of rotatable bonds is 6. The molecule has 1 aromatic heterocycles. The fraction of sp³-hybridized carbons (Fsp3) is 0.500. The van der Waals surface area contributed by atoms with Crippen LogP contribution in [0.15, 0.2) is 54.9 Å². The van der Waals surface area contributed by atoms with E-state index in [-0.39, 0.29) is 56.7 Å². The summed E-state index contributed by atoms with van der Waals surface area (Å²) < 4.78 is 0. The van der Waals surface area contributed by atoms with E-state index >= 15 is 0 Å². The normalized spacial score (nSPS) is 26.4. The molecular formula is C34H45N7O7. The van der Waals surface area contributed by atoms with Crippen molar-refractivity contribution in [1.29, 1.82) is 0 Å². The molecule has 14 nitrogen and oxygen atoms in total. The lowest BCUT2D eigenvalue weighted by atomic mass is 10.00. The fourth-order valence-corrected chi connectivity index (χ4v) is 5.88. The van der Waals surface area contributed by atoms with Crippen LogP contribution in [0.1, 0.15) is 62.4 Å². The number of aliphatic hydroxyl groups excluding tert-OH is 1. The summed E-state index contributed by atoms with van der Waals surface area (Å²) >= 11 is 0. The Morgan fingerprint density at radius 1 is 0.958 bits per heavy atom. The minimum Gasteiger partial charge on any atom is -0.391 e. The number of amides is 6. The van der Waals surface area contributed by atoms with Gasteiger partial charge in [-0.15, -0.1) is 0 Å². The van der Waals surface area contributed by atoms with Crippen molar-refractivity contribution < 1.29 is 33.9 Å². The Balaban J connectivity index is 1.66. The molecule has 2 aromatic rings. The third-order valence-electron chi connectivity index (χ3n) is 8.36. The highest BCUT2D eigenvalue weighted by atomic mass is 16.3. The first-order valence-electron chi connectivity index (χ1n) is 16.3. The number of carbonyl (C=O) groups is 6. The van der Waals surface area contributed by atoms with Crippen molar-refractivity contribution in [3.8, 4) is 0 Å². The van der Waals surface area contributed by atoms with E-state index in [9.17, 15) is 33.9 Å². The van der Waals surface area contributed by atoms with Gasteiger partial charge in [-0.1, -0.05) is 44.2 Å². The summed E-state index contributed by atoms with van der Waals surface area (Å²) in [6.45, 7) is 5.29. The number of benzene rings is 1. The van der Waals surface area contributed by atoms with Gasteiger partial charge >= 0.3 is 0 Å². The van der Waals surface area contributed by atoms with Gasteiger partial charge in [-0.05, 0) is 49.8 Å². The predicted molar refractivity (Wildman–Crippen MR) is 175 cm³/mol. The lowest BCUT2D eigenvalue weighted by Crippen LogP contribution is -2.59. The van der Waals surface area contributed by atoms with Crippen molar-refractivity contribution in [3.05, 3.63) is 66.0 Å². The highest BCUT2D eigenvalue weighted by molar-refractivity contribution is 5.99. The number of carbonyl (C=O) groups excluding carboxylic acids is 6.